The van der Waals surface area contributed by atoms with Gasteiger partial charge in [-0.25, -0.2) is 0 Å². The number of benzene rings is 2. The first-order valence-corrected chi connectivity index (χ1v) is 6.87. The smallest absolute Gasteiger partial charge is 0.262 e. The Hall–Kier alpha value is -3.06. The van der Waals surface area contributed by atoms with Gasteiger partial charge in [-0.1, -0.05) is 42.5 Å². The Bertz CT molecular complexity index is 730. The van der Waals surface area contributed by atoms with Crippen LogP contribution in [0.2, 0.25) is 0 Å². The first kappa shape index (κ1) is 15.3. The van der Waals surface area contributed by atoms with Crippen LogP contribution in [-0.2, 0) is 4.79 Å². The number of amides is 1. The fourth-order valence-corrected chi connectivity index (χ4v) is 2.03. The van der Waals surface area contributed by atoms with Gasteiger partial charge < -0.3 is 10.4 Å². The maximum Gasteiger partial charge on any atom is 0.262 e. The van der Waals surface area contributed by atoms with Crippen molar-refractivity contribution >= 4 is 12.0 Å². The summed E-state index contributed by atoms with van der Waals surface area (Å²) >= 11 is 0. The Kier molecular flexibility index (Phi) is 4.94. The Morgan fingerprint density at radius 2 is 1.95 bits per heavy atom. The molecule has 0 heterocycles. The Labute approximate surface area is 129 Å². The second-order valence-corrected chi connectivity index (χ2v) is 4.87. The van der Waals surface area contributed by atoms with Crippen LogP contribution in [0.1, 0.15) is 24.1 Å². The normalized spacial score (nSPS) is 12.3. The Balaban J connectivity index is 2.14. The van der Waals surface area contributed by atoms with Crippen LogP contribution < -0.4 is 5.32 Å². The van der Waals surface area contributed by atoms with E-state index in [4.69, 9.17) is 5.26 Å². The molecule has 2 rings (SSSR count). The minimum atomic E-state index is -0.442. The van der Waals surface area contributed by atoms with E-state index in [1.165, 1.54) is 18.2 Å². The van der Waals surface area contributed by atoms with E-state index in [0.29, 0.717) is 5.56 Å². The zero-order chi connectivity index (χ0) is 15.9. The number of hydrogen-bond acceptors (Lipinski definition) is 3. The molecule has 0 aromatic heterocycles. The van der Waals surface area contributed by atoms with Gasteiger partial charge in [0, 0.05) is 0 Å². The van der Waals surface area contributed by atoms with Crippen molar-refractivity contribution in [2.45, 2.75) is 13.0 Å². The summed E-state index contributed by atoms with van der Waals surface area (Å²) < 4.78 is 0. The molecule has 0 fully saturated rings. The van der Waals surface area contributed by atoms with Gasteiger partial charge in [0.15, 0.2) is 0 Å². The second-order valence-electron chi connectivity index (χ2n) is 4.87. The van der Waals surface area contributed by atoms with E-state index >= 15 is 0 Å². The summed E-state index contributed by atoms with van der Waals surface area (Å²) in [5.74, 6) is -0.355. The highest BCUT2D eigenvalue weighted by Crippen LogP contribution is 2.15. The Morgan fingerprint density at radius 3 is 2.59 bits per heavy atom. The van der Waals surface area contributed by atoms with Gasteiger partial charge in [-0.3, -0.25) is 4.79 Å². The van der Waals surface area contributed by atoms with Crippen LogP contribution >= 0.6 is 0 Å². The molecule has 0 aliphatic rings. The summed E-state index contributed by atoms with van der Waals surface area (Å²) in [7, 11) is 0. The number of rotatable bonds is 4. The van der Waals surface area contributed by atoms with Crippen molar-refractivity contribution in [3.05, 3.63) is 71.3 Å². The number of carbonyl (C=O) groups is 1. The average molecular weight is 292 g/mol. The minimum absolute atomic E-state index is 0.00613. The second kappa shape index (κ2) is 7.09. The van der Waals surface area contributed by atoms with Gasteiger partial charge in [0.25, 0.3) is 5.91 Å². The highest BCUT2D eigenvalue weighted by Gasteiger charge is 2.13. The molecule has 0 bridgehead atoms. The molecule has 2 N–H and O–H groups in total. The molecule has 110 valence electrons. The summed E-state index contributed by atoms with van der Waals surface area (Å²) in [6.45, 7) is 1.86. The number of carbonyl (C=O) groups excluding carboxylic acids is 1. The minimum Gasteiger partial charge on any atom is -0.508 e. The monoisotopic (exact) mass is 292 g/mol. The molecule has 1 atom stereocenters. The van der Waals surface area contributed by atoms with Crippen molar-refractivity contribution in [1.82, 2.24) is 5.32 Å². The van der Waals surface area contributed by atoms with E-state index in [2.05, 4.69) is 5.32 Å². The van der Waals surface area contributed by atoms with Crippen molar-refractivity contribution < 1.29 is 9.90 Å². The topological polar surface area (TPSA) is 73.1 Å². The first-order chi connectivity index (χ1) is 10.6. The molecule has 2 aromatic carbocycles. The zero-order valence-corrected chi connectivity index (χ0v) is 12.2. The number of nitrogens with one attached hydrogen (secondary N) is 1. The van der Waals surface area contributed by atoms with E-state index in [9.17, 15) is 9.90 Å². The van der Waals surface area contributed by atoms with Gasteiger partial charge in [0.1, 0.15) is 17.4 Å². The van der Waals surface area contributed by atoms with E-state index < -0.39 is 5.91 Å². The van der Waals surface area contributed by atoms with Gasteiger partial charge >= 0.3 is 0 Å². The lowest BCUT2D eigenvalue weighted by Crippen LogP contribution is -2.27. The molecular weight excluding hydrogens is 276 g/mol. The van der Waals surface area contributed by atoms with Crippen LogP contribution in [0.25, 0.3) is 6.08 Å². The third-order valence-corrected chi connectivity index (χ3v) is 3.19. The standard InChI is InChI=1S/C18H16N2O2/c1-13(15-7-3-2-4-8-15)20-18(22)16(12-19)10-14-6-5-9-17(21)11-14/h2-11,13,21H,1H3,(H,20,22)/b16-10+/t13-/m1/s1. The van der Waals surface area contributed by atoms with Crippen LogP contribution in [0.5, 0.6) is 5.75 Å². The average Bonchev–Trinajstić information content (AvgIpc) is 2.53. The lowest BCUT2D eigenvalue weighted by Gasteiger charge is -2.13. The molecule has 22 heavy (non-hydrogen) atoms. The van der Waals surface area contributed by atoms with Gasteiger partial charge in [-0.15, -0.1) is 0 Å². The van der Waals surface area contributed by atoms with Crippen LogP contribution in [0.15, 0.2) is 60.2 Å². The van der Waals surface area contributed by atoms with Crippen molar-refractivity contribution in [3.8, 4) is 11.8 Å². The van der Waals surface area contributed by atoms with Gasteiger partial charge in [-0.05, 0) is 36.3 Å². The molecule has 0 aliphatic heterocycles. The summed E-state index contributed by atoms with van der Waals surface area (Å²) in [5, 5.41) is 21.4. The summed E-state index contributed by atoms with van der Waals surface area (Å²) in [6.07, 6.45) is 1.45. The third kappa shape index (κ3) is 3.97. The highest BCUT2D eigenvalue weighted by atomic mass is 16.3. The van der Waals surface area contributed by atoms with Gasteiger partial charge in [0.05, 0.1) is 6.04 Å². The van der Waals surface area contributed by atoms with Crippen LogP contribution in [0, 0.1) is 11.3 Å². The largest absolute Gasteiger partial charge is 0.508 e. The molecule has 0 unspecified atom stereocenters. The quantitative estimate of drug-likeness (QED) is 0.671. The van der Waals surface area contributed by atoms with Crippen molar-refractivity contribution in [3.63, 3.8) is 0 Å². The maximum absolute atomic E-state index is 12.2. The molecule has 0 saturated carbocycles. The number of phenolic OH excluding ortho intramolecular Hbond substituents is 1. The van der Waals surface area contributed by atoms with E-state index in [-0.39, 0.29) is 17.4 Å². The molecule has 4 heteroatoms. The van der Waals surface area contributed by atoms with Gasteiger partial charge in [-0.2, -0.15) is 5.26 Å². The molecule has 2 aromatic rings. The number of aromatic hydroxyl groups is 1. The number of phenols is 1. The molecule has 0 radical (unpaired) electrons. The molecule has 1 amide bonds. The van der Waals surface area contributed by atoms with E-state index in [1.807, 2.05) is 43.3 Å². The lowest BCUT2D eigenvalue weighted by molar-refractivity contribution is -0.117. The zero-order valence-electron chi connectivity index (χ0n) is 12.2. The fraction of sp³-hybridized carbons (Fsp3) is 0.111. The maximum atomic E-state index is 12.2. The molecule has 4 nitrogen and oxygen atoms in total. The number of hydrogen-bond donors (Lipinski definition) is 2. The van der Waals surface area contributed by atoms with E-state index in [1.54, 1.807) is 12.1 Å². The highest BCUT2D eigenvalue weighted by molar-refractivity contribution is 6.01. The molecule has 0 saturated heterocycles. The van der Waals surface area contributed by atoms with Crippen LogP contribution in [-0.4, -0.2) is 11.0 Å². The Morgan fingerprint density at radius 1 is 1.23 bits per heavy atom. The van der Waals surface area contributed by atoms with Crippen LogP contribution in [0.4, 0.5) is 0 Å². The number of nitriles is 1. The molecule has 0 spiro atoms. The fourth-order valence-electron chi connectivity index (χ4n) is 2.03. The summed E-state index contributed by atoms with van der Waals surface area (Å²) in [6, 6.07) is 17.6. The predicted octanol–water partition coefficient (Wildman–Crippen LogP) is 3.18. The van der Waals surface area contributed by atoms with Crippen molar-refractivity contribution in [1.29, 1.82) is 5.26 Å². The summed E-state index contributed by atoms with van der Waals surface area (Å²) in [5.41, 5.74) is 1.55. The van der Waals surface area contributed by atoms with Crippen molar-refractivity contribution in [2.75, 3.05) is 0 Å². The van der Waals surface area contributed by atoms with Crippen LogP contribution in [0.3, 0.4) is 0 Å². The molecule has 0 aliphatic carbocycles. The first-order valence-electron chi connectivity index (χ1n) is 6.87. The number of nitrogens with zero attached hydrogens (tertiary/aromatic N) is 1. The SMILES string of the molecule is C[C@@H](NC(=O)/C(C#N)=C/c1cccc(O)c1)c1ccccc1. The third-order valence-electron chi connectivity index (χ3n) is 3.19. The predicted molar refractivity (Wildman–Crippen MR) is 84.7 cm³/mol. The molecular formula is C18H16N2O2. The van der Waals surface area contributed by atoms with Gasteiger partial charge in [0.2, 0.25) is 0 Å². The van der Waals surface area contributed by atoms with Crippen molar-refractivity contribution in [2.24, 2.45) is 0 Å². The lowest BCUT2D eigenvalue weighted by atomic mass is 10.1. The van der Waals surface area contributed by atoms with E-state index in [0.717, 1.165) is 5.56 Å². The summed E-state index contributed by atoms with van der Waals surface area (Å²) in [4.78, 5) is 12.2.